The summed E-state index contributed by atoms with van der Waals surface area (Å²) in [7, 11) is -3.45. The quantitative estimate of drug-likeness (QED) is 0.615. The van der Waals surface area contributed by atoms with Crippen molar-refractivity contribution in [2.24, 2.45) is 0 Å². The molecule has 0 N–H and O–H groups in total. The van der Waals surface area contributed by atoms with E-state index in [9.17, 15) is 18.5 Å². The Balaban J connectivity index is 1.94. The summed E-state index contributed by atoms with van der Waals surface area (Å²) < 4.78 is 23.2. The third kappa shape index (κ3) is 2.80. The lowest BCUT2D eigenvalue weighted by Gasteiger charge is -2.38. The molecule has 0 bridgehead atoms. The van der Waals surface area contributed by atoms with Crippen molar-refractivity contribution >= 4 is 21.2 Å². The monoisotopic (exact) mass is 325 g/mol. The number of fused-ring (bicyclic) bond motifs is 1. The van der Waals surface area contributed by atoms with Gasteiger partial charge in [-0.25, -0.2) is 8.42 Å². The molecule has 2 aliphatic rings. The molecule has 1 aromatic rings. The number of sulfone groups is 1. The molecule has 0 radical (unpaired) electrons. The Bertz CT molecular complexity index is 704. The van der Waals surface area contributed by atoms with Crippen molar-refractivity contribution in [3.8, 4) is 0 Å². The minimum Gasteiger partial charge on any atom is -0.363 e. The van der Waals surface area contributed by atoms with Gasteiger partial charge in [0.05, 0.1) is 9.82 Å². The highest BCUT2D eigenvalue weighted by Crippen LogP contribution is 2.33. The molecule has 0 spiro atoms. The van der Waals surface area contributed by atoms with E-state index in [2.05, 4.69) is 4.90 Å². The number of benzene rings is 1. The van der Waals surface area contributed by atoms with Gasteiger partial charge in [-0.2, -0.15) is 0 Å². The Labute approximate surface area is 129 Å². The molecule has 3 rings (SSSR count). The molecule has 7 nitrogen and oxygen atoms in total. The first kappa shape index (κ1) is 15.2. The van der Waals surface area contributed by atoms with Gasteiger partial charge in [-0.1, -0.05) is 0 Å². The molecule has 0 saturated carbocycles. The molecule has 0 amide bonds. The Morgan fingerprint density at radius 2 is 2.05 bits per heavy atom. The average molecular weight is 325 g/mol. The van der Waals surface area contributed by atoms with Gasteiger partial charge in [0.15, 0.2) is 9.84 Å². The first-order chi connectivity index (χ1) is 10.4. The van der Waals surface area contributed by atoms with Crippen LogP contribution in [-0.4, -0.2) is 56.7 Å². The van der Waals surface area contributed by atoms with Gasteiger partial charge in [-0.3, -0.25) is 15.0 Å². The molecule has 8 heteroatoms. The fourth-order valence-corrected chi connectivity index (χ4v) is 4.00. The molecule has 0 aromatic heterocycles. The van der Waals surface area contributed by atoms with E-state index in [1.54, 1.807) is 6.07 Å². The standard InChI is InChI=1S/C14H19N3O4S/c1-22(20,21)12-4-5-13(14(9-12)17(18)19)16-8-7-15-6-2-3-11(15)10-16/h4-5,9,11H,2-3,6-8,10H2,1H3/t11-/m1/s1. The Morgan fingerprint density at radius 3 is 2.73 bits per heavy atom. The van der Waals surface area contributed by atoms with Gasteiger partial charge < -0.3 is 4.90 Å². The second-order valence-electron chi connectivity index (χ2n) is 5.96. The molecule has 120 valence electrons. The first-order valence-electron chi connectivity index (χ1n) is 7.34. The molecule has 2 saturated heterocycles. The number of nitrogens with zero attached hydrogens (tertiary/aromatic N) is 3. The summed E-state index contributed by atoms with van der Waals surface area (Å²) in [6, 6.07) is 4.65. The third-order valence-electron chi connectivity index (χ3n) is 4.50. The van der Waals surface area contributed by atoms with Crippen LogP contribution in [0.25, 0.3) is 0 Å². The van der Waals surface area contributed by atoms with E-state index < -0.39 is 14.8 Å². The minimum absolute atomic E-state index is 0.0116. The molecule has 2 aliphatic heterocycles. The van der Waals surface area contributed by atoms with Crippen molar-refractivity contribution in [3.63, 3.8) is 0 Å². The van der Waals surface area contributed by atoms with Crippen LogP contribution in [-0.2, 0) is 9.84 Å². The average Bonchev–Trinajstić information content (AvgIpc) is 2.92. The zero-order chi connectivity index (χ0) is 15.9. The third-order valence-corrected chi connectivity index (χ3v) is 5.61. The Morgan fingerprint density at radius 1 is 1.27 bits per heavy atom. The van der Waals surface area contributed by atoms with Crippen LogP contribution < -0.4 is 4.90 Å². The van der Waals surface area contributed by atoms with Crippen LogP contribution in [0, 0.1) is 10.1 Å². The fourth-order valence-electron chi connectivity index (χ4n) is 3.36. The van der Waals surface area contributed by atoms with Gasteiger partial charge >= 0.3 is 0 Å². The number of nitro benzene ring substituents is 1. The van der Waals surface area contributed by atoms with E-state index in [0.29, 0.717) is 11.7 Å². The van der Waals surface area contributed by atoms with Crippen molar-refractivity contribution in [3.05, 3.63) is 28.3 Å². The Kier molecular flexibility index (Phi) is 3.82. The second kappa shape index (κ2) is 5.51. The highest BCUT2D eigenvalue weighted by atomic mass is 32.2. The lowest BCUT2D eigenvalue weighted by Crippen LogP contribution is -2.50. The summed E-state index contributed by atoms with van der Waals surface area (Å²) in [5.41, 5.74) is 0.387. The van der Waals surface area contributed by atoms with E-state index in [1.807, 2.05) is 4.90 Å². The summed E-state index contributed by atoms with van der Waals surface area (Å²) >= 11 is 0. The van der Waals surface area contributed by atoms with Gasteiger partial charge in [0.25, 0.3) is 5.69 Å². The van der Waals surface area contributed by atoms with Crippen molar-refractivity contribution in [1.29, 1.82) is 0 Å². The summed E-state index contributed by atoms with van der Waals surface area (Å²) in [5, 5.41) is 11.3. The van der Waals surface area contributed by atoms with Gasteiger partial charge in [0.2, 0.25) is 0 Å². The van der Waals surface area contributed by atoms with Gasteiger partial charge in [0, 0.05) is 38.0 Å². The predicted octanol–water partition coefficient (Wildman–Crippen LogP) is 1.28. The number of piperazine rings is 1. The van der Waals surface area contributed by atoms with Crippen LogP contribution in [0.15, 0.2) is 23.1 Å². The number of rotatable bonds is 3. The number of anilines is 1. The van der Waals surface area contributed by atoms with Gasteiger partial charge in [-0.15, -0.1) is 0 Å². The number of hydrogen-bond donors (Lipinski definition) is 0. The molecular formula is C14H19N3O4S. The van der Waals surface area contributed by atoms with E-state index in [0.717, 1.165) is 38.9 Å². The molecule has 1 aromatic carbocycles. The largest absolute Gasteiger partial charge is 0.363 e. The first-order valence-corrected chi connectivity index (χ1v) is 9.23. The van der Waals surface area contributed by atoms with E-state index in [-0.39, 0.29) is 10.6 Å². The van der Waals surface area contributed by atoms with Gasteiger partial charge in [0.1, 0.15) is 5.69 Å². The fraction of sp³-hybridized carbons (Fsp3) is 0.571. The minimum atomic E-state index is -3.45. The second-order valence-corrected chi connectivity index (χ2v) is 7.97. The Hall–Kier alpha value is -1.67. The van der Waals surface area contributed by atoms with Crippen LogP contribution in [0.4, 0.5) is 11.4 Å². The molecule has 22 heavy (non-hydrogen) atoms. The maximum absolute atomic E-state index is 11.6. The van der Waals surface area contributed by atoms with Crippen LogP contribution in [0.1, 0.15) is 12.8 Å². The molecule has 0 aliphatic carbocycles. The topological polar surface area (TPSA) is 83.8 Å². The summed E-state index contributed by atoms with van der Waals surface area (Å²) in [5.74, 6) is 0. The molecular weight excluding hydrogens is 306 g/mol. The molecule has 2 heterocycles. The van der Waals surface area contributed by atoms with E-state index in [4.69, 9.17) is 0 Å². The predicted molar refractivity (Wildman–Crippen MR) is 83.0 cm³/mol. The van der Waals surface area contributed by atoms with Crippen LogP contribution in [0.3, 0.4) is 0 Å². The van der Waals surface area contributed by atoms with Crippen molar-refractivity contribution in [2.45, 2.75) is 23.8 Å². The van der Waals surface area contributed by atoms with Crippen LogP contribution >= 0.6 is 0 Å². The van der Waals surface area contributed by atoms with Crippen molar-refractivity contribution in [1.82, 2.24) is 4.90 Å². The lowest BCUT2D eigenvalue weighted by atomic mass is 10.1. The van der Waals surface area contributed by atoms with Crippen molar-refractivity contribution in [2.75, 3.05) is 37.3 Å². The van der Waals surface area contributed by atoms with Gasteiger partial charge in [-0.05, 0) is 31.5 Å². The van der Waals surface area contributed by atoms with E-state index >= 15 is 0 Å². The smallest absolute Gasteiger partial charge is 0.293 e. The maximum Gasteiger partial charge on any atom is 0.293 e. The zero-order valence-corrected chi connectivity index (χ0v) is 13.3. The normalized spacial score (nSPS) is 22.6. The molecule has 0 unspecified atom stereocenters. The van der Waals surface area contributed by atoms with Crippen LogP contribution in [0.2, 0.25) is 0 Å². The molecule has 1 atom stereocenters. The highest BCUT2D eigenvalue weighted by molar-refractivity contribution is 7.90. The lowest BCUT2D eigenvalue weighted by molar-refractivity contribution is -0.384. The maximum atomic E-state index is 11.6. The summed E-state index contributed by atoms with van der Waals surface area (Å²) in [6.45, 7) is 3.50. The number of nitro groups is 1. The van der Waals surface area contributed by atoms with Crippen LogP contribution in [0.5, 0.6) is 0 Å². The number of hydrogen-bond acceptors (Lipinski definition) is 6. The van der Waals surface area contributed by atoms with Crippen molar-refractivity contribution < 1.29 is 13.3 Å². The summed E-state index contributed by atoms with van der Waals surface area (Å²) in [4.78, 5) is 15.3. The van der Waals surface area contributed by atoms with E-state index in [1.165, 1.54) is 18.6 Å². The zero-order valence-electron chi connectivity index (χ0n) is 12.4. The highest BCUT2D eigenvalue weighted by Gasteiger charge is 2.33. The molecule has 2 fully saturated rings. The summed E-state index contributed by atoms with van der Waals surface area (Å²) in [6.07, 6.45) is 3.35. The SMILES string of the molecule is CS(=O)(=O)c1ccc(N2CCN3CCC[C@@H]3C2)c([N+](=O)[O-])c1.